The zero-order chi connectivity index (χ0) is 16.6. The van der Waals surface area contributed by atoms with Crippen molar-refractivity contribution < 1.29 is 14.6 Å². The Bertz CT molecular complexity index is 775. The molecule has 122 valence electrons. The first kappa shape index (κ1) is 15.9. The molecule has 1 fully saturated rings. The van der Waals surface area contributed by atoms with Crippen molar-refractivity contribution in [3.63, 3.8) is 0 Å². The quantitative estimate of drug-likeness (QED) is 0.690. The van der Waals surface area contributed by atoms with Gasteiger partial charge in [0, 0.05) is 37.3 Å². The van der Waals surface area contributed by atoms with Gasteiger partial charge in [-0.2, -0.15) is 4.39 Å². The first-order valence-corrected chi connectivity index (χ1v) is 7.34. The minimum atomic E-state index is -0.752. The van der Waals surface area contributed by atoms with E-state index in [9.17, 15) is 19.4 Å². The van der Waals surface area contributed by atoms with E-state index >= 15 is 0 Å². The molecule has 7 nitrogen and oxygen atoms in total. The van der Waals surface area contributed by atoms with Gasteiger partial charge in [0.25, 0.3) is 5.56 Å². The normalized spacial score (nSPS) is 21.5. The average molecular weight is 341 g/mol. The van der Waals surface area contributed by atoms with Gasteiger partial charge in [0.2, 0.25) is 5.95 Å². The highest BCUT2D eigenvalue weighted by Crippen LogP contribution is 2.26. The van der Waals surface area contributed by atoms with Crippen molar-refractivity contribution in [2.24, 2.45) is 0 Å². The van der Waals surface area contributed by atoms with Crippen LogP contribution in [0.5, 0.6) is 0 Å². The molecule has 3 heterocycles. The van der Waals surface area contributed by atoms with Gasteiger partial charge in [-0.3, -0.25) is 4.79 Å². The number of aliphatic hydroxyl groups is 2. The molecular formula is C14H14ClFN4O3. The van der Waals surface area contributed by atoms with Crippen LogP contribution in [-0.2, 0) is 0 Å². The lowest BCUT2D eigenvalue weighted by atomic mass is 10.1. The van der Waals surface area contributed by atoms with E-state index < -0.39 is 23.7 Å². The lowest BCUT2D eigenvalue weighted by Crippen LogP contribution is -2.46. The molecule has 3 rings (SSSR count). The molecule has 3 N–H and O–H groups in total. The van der Waals surface area contributed by atoms with E-state index in [-0.39, 0.29) is 36.2 Å². The molecule has 0 radical (unpaired) electrons. The Balaban J connectivity index is 2.05. The Hall–Kier alpha value is -2.03. The fraction of sp³-hybridized carbons (Fsp3) is 0.357. The van der Waals surface area contributed by atoms with Gasteiger partial charge < -0.3 is 20.1 Å². The van der Waals surface area contributed by atoms with E-state index in [0.29, 0.717) is 5.56 Å². The lowest BCUT2D eigenvalue weighted by Gasteiger charge is -2.34. The van der Waals surface area contributed by atoms with Gasteiger partial charge in [-0.15, -0.1) is 0 Å². The summed E-state index contributed by atoms with van der Waals surface area (Å²) >= 11 is 6.02. The third kappa shape index (κ3) is 3.34. The van der Waals surface area contributed by atoms with Crippen molar-refractivity contribution in [2.45, 2.75) is 18.6 Å². The molecule has 0 spiro atoms. The number of β-amino-alcohol motifs (C(OH)–C–C–N with tert-alkyl or cyclic N) is 2. The molecule has 0 saturated carbocycles. The second-order valence-electron chi connectivity index (χ2n) is 5.37. The largest absolute Gasteiger partial charge is 0.391 e. The van der Waals surface area contributed by atoms with Crippen molar-refractivity contribution in [3.05, 3.63) is 39.7 Å². The van der Waals surface area contributed by atoms with Crippen molar-refractivity contribution in [3.8, 4) is 11.4 Å². The molecule has 1 saturated heterocycles. The molecule has 0 bridgehead atoms. The number of nitrogens with zero attached hydrogens (tertiary/aromatic N) is 3. The maximum absolute atomic E-state index is 13.3. The number of aromatic nitrogens is 3. The standard InChI is InChI=1S/C14H14ClFN4O3/c15-11-13(20-5-8(21)4-9(22)6-20)18-12(19-14(11)23)7-1-2-17-10(16)3-7/h1-3,8-9,21-22H,4-6H2,(H,18,19,23)/t8-,9?/m0/s1. The Morgan fingerprint density at radius 2 is 2.04 bits per heavy atom. The molecule has 9 heteroatoms. The number of aliphatic hydroxyl groups excluding tert-OH is 2. The molecule has 2 aromatic heterocycles. The van der Waals surface area contributed by atoms with Crippen LogP contribution in [0.15, 0.2) is 23.1 Å². The van der Waals surface area contributed by atoms with Crippen LogP contribution in [0.1, 0.15) is 6.42 Å². The predicted molar refractivity (Wildman–Crippen MR) is 81.9 cm³/mol. The summed E-state index contributed by atoms with van der Waals surface area (Å²) in [5.41, 5.74) is -0.246. The summed E-state index contributed by atoms with van der Waals surface area (Å²) < 4.78 is 13.3. The lowest BCUT2D eigenvalue weighted by molar-refractivity contribution is 0.0648. The average Bonchev–Trinajstić information content (AvgIpc) is 2.49. The van der Waals surface area contributed by atoms with Gasteiger partial charge in [-0.1, -0.05) is 11.6 Å². The van der Waals surface area contributed by atoms with Crippen LogP contribution in [-0.4, -0.2) is 50.5 Å². The van der Waals surface area contributed by atoms with E-state index in [1.165, 1.54) is 17.2 Å². The summed E-state index contributed by atoms with van der Waals surface area (Å²) in [7, 11) is 0. The van der Waals surface area contributed by atoms with E-state index in [4.69, 9.17) is 11.6 Å². The van der Waals surface area contributed by atoms with Crippen molar-refractivity contribution in [2.75, 3.05) is 18.0 Å². The van der Waals surface area contributed by atoms with Gasteiger partial charge in [0.05, 0.1) is 12.2 Å². The van der Waals surface area contributed by atoms with Crippen LogP contribution in [0.3, 0.4) is 0 Å². The summed E-state index contributed by atoms with van der Waals surface area (Å²) in [5, 5.41) is 19.4. The molecule has 23 heavy (non-hydrogen) atoms. The van der Waals surface area contributed by atoms with Crippen LogP contribution >= 0.6 is 11.6 Å². The van der Waals surface area contributed by atoms with Crippen LogP contribution in [0.4, 0.5) is 10.2 Å². The number of piperidine rings is 1. The number of rotatable bonds is 2. The molecule has 1 aliphatic rings. The number of nitrogens with one attached hydrogen (secondary N) is 1. The summed E-state index contributed by atoms with van der Waals surface area (Å²) in [4.78, 5) is 23.8. The Morgan fingerprint density at radius 1 is 1.35 bits per heavy atom. The summed E-state index contributed by atoms with van der Waals surface area (Å²) in [6.45, 7) is 0.384. The smallest absolute Gasteiger partial charge is 0.272 e. The highest BCUT2D eigenvalue weighted by Gasteiger charge is 2.28. The van der Waals surface area contributed by atoms with E-state index in [1.54, 1.807) is 0 Å². The molecular weight excluding hydrogens is 327 g/mol. The fourth-order valence-electron chi connectivity index (χ4n) is 2.56. The van der Waals surface area contributed by atoms with Gasteiger partial charge in [-0.25, -0.2) is 9.97 Å². The number of pyridine rings is 1. The van der Waals surface area contributed by atoms with E-state index in [2.05, 4.69) is 15.0 Å². The Morgan fingerprint density at radius 3 is 2.70 bits per heavy atom. The topological polar surface area (TPSA) is 102 Å². The van der Waals surface area contributed by atoms with Gasteiger partial charge >= 0.3 is 0 Å². The third-order valence-corrected chi connectivity index (χ3v) is 3.89. The SMILES string of the molecule is O=c1[nH]c(-c2ccnc(F)c2)nc(N2CC(O)C[C@H](O)C2)c1Cl. The molecule has 2 aromatic rings. The molecule has 0 aliphatic carbocycles. The van der Waals surface area contributed by atoms with Crippen LogP contribution < -0.4 is 10.5 Å². The number of hydrogen-bond acceptors (Lipinski definition) is 6. The van der Waals surface area contributed by atoms with Crippen LogP contribution in [0.25, 0.3) is 11.4 Å². The van der Waals surface area contributed by atoms with Crippen LogP contribution in [0, 0.1) is 5.95 Å². The number of anilines is 1. The molecule has 0 amide bonds. The summed E-state index contributed by atoms with van der Waals surface area (Å²) in [6.07, 6.45) is 0.00281. The number of halogens is 2. The minimum Gasteiger partial charge on any atom is -0.391 e. The van der Waals surface area contributed by atoms with E-state index in [1.807, 2.05) is 0 Å². The maximum Gasteiger partial charge on any atom is 0.272 e. The van der Waals surface area contributed by atoms with Crippen molar-refractivity contribution in [1.29, 1.82) is 0 Å². The molecule has 1 unspecified atom stereocenters. The molecule has 0 aromatic carbocycles. The predicted octanol–water partition coefficient (Wildman–Crippen LogP) is 0.556. The summed E-state index contributed by atoms with van der Waals surface area (Å²) in [5.74, 6) is -0.434. The zero-order valence-corrected chi connectivity index (χ0v) is 12.7. The van der Waals surface area contributed by atoms with Crippen LogP contribution in [0.2, 0.25) is 5.02 Å². The maximum atomic E-state index is 13.3. The second-order valence-corrected chi connectivity index (χ2v) is 5.75. The number of aromatic amines is 1. The minimum absolute atomic E-state index is 0.130. The van der Waals surface area contributed by atoms with Gasteiger partial charge in [-0.05, 0) is 6.07 Å². The molecule has 1 aliphatic heterocycles. The first-order valence-electron chi connectivity index (χ1n) is 6.97. The third-order valence-electron chi connectivity index (χ3n) is 3.55. The number of hydrogen-bond donors (Lipinski definition) is 3. The Labute approximate surface area is 135 Å². The fourth-order valence-corrected chi connectivity index (χ4v) is 2.77. The van der Waals surface area contributed by atoms with Gasteiger partial charge in [0.1, 0.15) is 10.8 Å². The monoisotopic (exact) mass is 340 g/mol. The van der Waals surface area contributed by atoms with Gasteiger partial charge in [0.15, 0.2) is 5.82 Å². The second kappa shape index (κ2) is 6.23. The van der Waals surface area contributed by atoms with Crippen molar-refractivity contribution in [1.82, 2.24) is 15.0 Å². The Kier molecular flexibility index (Phi) is 4.29. The van der Waals surface area contributed by atoms with E-state index in [0.717, 1.165) is 6.07 Å². The highest BCUT2D eigenvalue weighted by atomic mass is 35.5. The zero-order valence-electron chi connectivity index (χ0n) is 11.9. The number of H-pyrrole nitrogens is 1. The molecule has 2 atom stereocenters. The van der Waals surface area contributed by atoms with Crippen molar-refractivity contribution >= 4 is 17.4 Å². The first-order chi connectivity index (χ1) is 10.9. The highest BCUT2D eigenvalue weighted by molar-refractivity contribution is 6.32. The summed E-state index contributed by atoms with van der Waals surface area (Å²) in [6, 6.07) is 2.63.